The Labute approximate surface area is 197 Å². The van der Waals surface area contributed by atoms with Crippen LogP contribution in [0.4, 0.5) is 0 Å². The Morgan fingerprint density at radius 2 is 1.97 bits per heavy atom. The number of amides is 2. The average molecular weight is 458 g/mol. The Morgan fingerprint density at radius 1 is 1.18 bits per heavy atom. The van der Waals surface area contributed by atoms with Crippen LogP contribution >= 0.6 is 0 Å². The molecule has 2 aromatic carbocycles. The first-order chi connectivity index (χ1) is 16.3. The maximum Gasteiger partial charge on any atom is 0.269 e. The summed E-state index contributed by atoms with van der Waals surface area (Å²) in [5.74, 6) is 4.71. The average Bonchev–Trinajstić information content (AvgIpc) is 3.54. The molecule has 3 heterocycles. The molecule has 1 atom stereocenters. The predicted octanol–water partition coefficient (Wildman–Crippen LogP) is 1.66. The summed E-state index contributed by atoms with van der Waals surface area (Å²) < 4.78 is 1.68. The number of carbonyl (C=O) groups is 2. The molecule has 0 aliphatic carbocycles. The Hall–Kier alpha value is -3.67. The molecule has 5 rings (SSSR count). The number of likely N-dealkylation sites (N-methyl/N-ethyl adjacent to an activating group) is 1. The first kappa shape index (κ1) is 22.1. The zero-order chi connectivity index (χ0) is 23.9. The second-order valence-electron chi connectivity index (χ2n) is 9.10. The van der Waals surface area contributed by atoms with Crippen molar-refractivity contribution in [3.05, 3.63) is 59.3 Å². The molecule has 0 spiro atoms. The molecule has 3 N–H and O–H groups in total. The fourth-order valence-corrected chi connectivity index (χ4v) is 4.70. The van der Waals surface area contributed by atoms with Crippen molar-refractivity contribution in [1.82, 2.24) is 19.6 Å². The lowest BCUT2D eigenvalue weighted by Crippen LogP contribution is -2.37. The lowest BCUT2D eigenvalue weighted by atomic mass is 10.0. The van der Waals surface area contributed by atoms with Crippen molar-refractivity contribution >= 4 is 22.7 Å². The number of aromatic nitrogens is 2. The van der Waals surface area contributed by atoms with Crippen molar-refractivity contribution in [1.29, 1.82) is 0 Å². The molecule has 0 unspecified atom stereocenters. The summed E-state index contributed by atoms with van der Waals surface area (Å²) >= 11 is 0. The highest BCUT2D eigenvalue weighted by Gasteiger charge is 2.42. The van der Waals surface area contributed by atoms with Crippen molar-refractivity contribution in [2.45, 2.75) is 31.4 Å². The van der Waals surface area contributed by atoms with Gasteiger partial charge in [0.2, 0.25) is 5.60 Å². The number of carbonyl (C=O) groups excluding carboxylic acids is 2. The Bertz CT molecular complexity index is 1350. The summed E-state index contributed by atoms with van der Waals surface area (Å²) in [6.45, 7) is 3.48. The zero-order valence-electron chi connectivity index (χ0n) is 19.1. The lowest BCUT2D eigenvalue weighted by Gasteiger charge is -2.14. The van der Waals surface area contributed by atoms with Gasteiger partial charge in [0.1, 0.15) is 0 Å². The molecule has 2 aliphatic heterocycles. The van der Waals surface area contributed by atoms with E-state index in [2.05, 4.69) is 27.9 Å². The van der Waals surface area contributed by atoms with Crippen molar-refractivity contribution in [3.8, 4) is 17.5 Å². The van der Waals surface area contributed by atoms with E-state index in [0.717, 1.165) is 36.1 Å². The van der Waals surface area contributed by atoms with E-state index in [4.69, 9.17) is 5.73 Å². The van der Waals surface area contributed by atoms with Crippen LogP contribution < -0.4 is 5.73 Å². The maximum atomic E-state index is 12.2. The maximum absolute atomic E-state index is 12.2. The van der Waals surface area contributed by atoms with Gasteiger partial charge in [-0.1, -0.05) is 24.0 Å². The van der Waals surface area contributed by atoms with Gasteiger partial charge in [0.25, 0.3) is 11.8 Å². The molecular formula is C26H27N5O3. The molecule has 8 heteroatoms. The molecule has 1 aromatic heterocycles. The van der Waals surface area contributed by atoms with Gasteiger partial charge in [-0.05, 0) is 61.8 Å². The van der Waals surface area contributed by atoms with Crippen LogP contribution in [0, 0.1) is 11.8 Å². The number of fused-ring (bicyclic) bond motifs is 1. The standard InChI is InChI=1S/C26H27N5O3/c1-29-14-11-26(34,25(29)33)10-9-18-5-4-6-20(15-18)31-22-8-7-19(17-30-12-2-3-13-30)16-21(22)23(28-31)24(27)32/h4-8,15-16,34H,2-3,11-14,17H2,1H3,(H2,27,32)/t26-/m0/s1. The smallest absolute Gasteiger partial charge is 0.269 e. The summed E-state index contributed by atoms with van der Waals surface area (Å²) in [6, 6.07) is 13.3. The number of benzene rings is 2. The molecule has 2 fully saturated rings. The summed E-state index contributed by atoms with van der Waals surface area (Å²) in [7, 11) is 1.65. The van der Waals surface area contributed by atoms with E-state index in [1.54, 1.807) is 17.8 Å². The monoisotopic (exact) mass is 457 g/mol. The van der Waals surface area contributed by atoms with E-state index in [0.29, 0.717) is 17.8 Å². The van der Waals surface area contributed by atoms with Gasteiger partial charge in [-0.25, -0.2) is 4.68 Å². The molecule has 174 valence electrons. The third kappa shape index (κ3) is 4.04. The molecule has 0 saturated carbocycles. The first-order valence-corrected chi connectivity index (χ1v) is 11.5. The normalized spacial score (nSPS) is 20.6. The van der Waals surface area contributed by atoms with E-state index in [1.807, 2.05) is 30.3 Å². The topological polar surface area (TPSA) is 105 Å². The summed E-state index contributed by atoms with van der Waals surface area (Å²) in [4.78, 5) is 28.3. The van der Waals surface area contributed by atoms with Gasteiger partial charge in [0.05, 0.1) is 11.2 Å². The van der Waals surface area contributed by atoms with E-state index < -0.39 is 11.5 Å². The molecule has 8 nitrogen and oxygen atoms in total. The van der Waals surface area contributed by atoms with Gasteiger partial charge in [-0.15, -0.1) is 0 Å². The molecule has 34 heavy (non-hydrogen) atoms. The van der Waals surface area contributed by atoms with Gasteiger partial charge >= 0.3 is 0 Å². The van der Waals surface area contributed by atoms with Gasteiger partial charge in [-0.3, -0.25) is 14.5 Å². The van der Waals surface area contributed by atoms with E-state index in [9.17, 15) is 14.7 Å². The minimum absolute atomic E-state index is 0.226. The quantitative estimate of drug-likeness (QED) is 0.580. The minimum Gasteiger partial charge on any atom is -0.369 e. The highest BCUT2D eigenvalue weighted by molar-refractivity contribution is 6.04. The van der Waals surface area contributed by atoms with Crippen LogP contribution in [-0.2, 0) is 11.3 Å². The third-order valence-electron chi connectivity index (χ3n) is 6.60. The van der Waals surface area contributed by atoms with Gasteiger partial charge in [0, 0.05) is 37.5 Å². The van der Waals surface area contributed by atoms with Crippen LogP contribution in [0.25, 0.3) is 16.6 Å². The first-order valence-electron chi connectivity index (χ1n) is 11.5. The largest absolute Gasteiger partial charge is 0.369 e. The molecule has 2 saturated heterocycles. The fourth-order valence-electron chi connectivity index (χ4n) is 4.70. The van der Waals surface area contributed by atoms with E-state index in [1.165, 1.54) is 17.7 Å². The van der Waals surface area contributed by atoms with E-state index >= 15 is 0 Å². The second kappa shape index (κ2) is 8.60. The number of aliphatic hydroxyl groups is 1. The number of hydrogen-bond acceptors (Lipinski definition) is 5. The van der Waals surface area contributed by atoms with Crippen LogP contribution in [0.3, 0.4) is 0 Å². The van der Waals surface area contributed by atoms with E-state index in [-0.39, 0.29) is 18.0 Å². The van der Waals surface area contributed by atoms with Crippen LogP contribution in [0.2, 0.25) is 0 Å². The van der Waals surface area contributed by atoms with Crippen LogP contribution in [0.1, 0.15) is 40.9 Å². The Kier molecular flexibility index (Phi) is 5.60. The molecule has 2 amide bonds. The van der Waals surface area contributed by atoms with Crippen molar-refractivity contribution in [3.63, 3.8) is 0 Å². The highest BCUT2D eigenvalue weighted by Crippen LogP contribution is 2.26. The summed E-state index contributed by atoms with van der Waals surface area (Å²) in [5, 5.41) is 15.8. The summed E-state index contributed by atoms with van der Waals surface area (Å²) in [6.07, 6.45) is 2.71. The second-order valence-corrected chi connectivity index (χ2v) is 9.10. The third-order valence-corrected chi connectivity index (χ3v) is 6.60. The van der Waals surface area contributed by atoms with Gasteiger partial charge in [0.15, 0.2) is 5.69 Å². The van der Waals surface area contributed by atoms with Crippen molar-refractivity contribution in [2.75, 3.05) is 26.7 Å². The van der Waals surface area contributed by atoms with Crippen molar-refractivity contribution < 1.29 is 14.7 Å². The number of rotatable bonds is 4. The zero-order valence-corrected chi connectivity index (χ0v) is 19.1. The molecular weight excluding hydrogens is 430 g/mol. The summed E-state index contributed by atoms with van der Waals surface area (Å²) in [5.41, 5.74) is 7.46. The SMILES string of the molecule is CN1CC[C@@](O)(C#Cc2cccc(-n3nc(C(N)=O)c4cc(CN5CCCC5)ccc43)c2)C1=O. The minimum atomic E-state index is -1.66. The molecule has 0 bridgehead atoms. The van der Waals surface area contributed by atoms with Gasteiger partial charge < -0.3 is 15.7 Å². The number of hydrogen-bond donors (Lipinski definition) is 2. The molecule has 0 radical (unpaired) electrons. The number of primary amides is 1. The van der Waals surface area contributed by atoms with Crippen LogP contribution in [-0.4, -0.2) is 68.8 Å². The lowest BCUT2D eigenvalue weighted by molar-refractivity contribution is -0.137. The van der Waals surface area contributed by atoms with Crippen LogP contribution in [0.15, 0.2) is 42.5 Å². The predicted molar refractivity (Wildman–Crippen MR) is 128 cm³/mol. The highest BCUT2D eigenvalue weighted by atomic mass is 16.3. The number of likely N-dealkylation sites (tertiary alicyclic amines) is 2. The van der Waals surface area contributed by atoms with Crippen molar-refractivity contribution in [2.24, 2.45) is 5.73 Å². The molecule has 2 aliphatic rings. The fraction of sp³-hybridized carbons (Fsp3) is 0.346. The number of nitrogens with two attached hydrogens (primary N) is 1. The Morgan fingerprint density at radius 3 is 2.68 bits per heavy atom. The van der Waals surface area contributed by atoms with Crippen LogP contribution in [0.5, 0.6) is 0 Å². The Balaban J connectivity index is 1.50. The van der Waals surface area contributed by atoms with Gasteiger partial charge in [-0.2, -0.15) is 5.10 Å². The molecule has 3 aromatic rings. The number of nitrogens with zero attached hydrogens (tertiary/aromatic N) is 4.